The summed E-state index contributed by atoms with van der Waals surface area (Å²) in [5.41, 5.74) is 0.811. The first-order chi connectivity index (χ1) is 12.8. The molecule has 0 saturated heterocycles. The van der Waals surface area contributed by atoms with Crippen molar-refractivity contribution < 1.29 is 18.3 Å². The summed E-state index contributed by atoms with van der Waals surface area (Å²) in [5.74, 6) is -1.25. The molecule has 6 nitrogen and oxygen atoms in total. The molecule has 3 rings (SSSR count). The third-order valence-corrected chi connectivity index (χ3v) is 6.57. The van der Waals surface area contributed by atoms with Crippen molar-refractivity contribution in [3.05, 3.63) is 71.4 Å². The van der Waals surface area contributed by atoms with Crippen LogP contribution < -0.4 is 0 Å². The van der Waals surface area contributed by atoms with Gasteiger partial charge in [0.15, 0.2) is 0 Å². The average molecular weight is 405 g/mol. The number of carboxylic acids is 1. The van der Waals surface area contributed by atoms with Gasteiger partial charge in [-0.2, -0.15) is 4.31 Å². The SMILES string of the molecule is CC(C(=O)O)N(Cc1ccccc1Cl)S(=O)(=O)c1cccc2cccnc12. The van der Waals surface area contributed by atoms with Crippen LogP contribution in [0.25, 0.3) is 10.9 Å². The molecule has 1 unspecified atom stereocenters. The number of carboxylic acid groups (broad SMARTS) is 1. The number of fused-ring (bicyclic) bond motifs is 1. The number of pyridine rings is 1. The molecule has 0 bridgehead atoms. The Morgan fingerprint density at radius 3 is 2.56 bits per heavy atom. The zero-order chi connectivity index (χ0) is 19.6. The number of nitrogens with zero attached hydrogens (tertiary/aromatic N) is 2. The van der Waals surface area contributed by atoms with Crippen LogP contribution in [0, 0.1) is 0 Å². The van der Waals surface area contributed by atoms with Crippen LogP contribution in [0.1, 0.15) is 12.5 Å². The molecule has 8 heteroatoms. The molecule has 1 heterocycles. The van der Waals surface area contributed by atoms with Crippen LogP contribution in [0.3, 0.4) is 0 Å². The van der Waals surface area contributed by atoms with Gasteiger partial charge in [0.05, 0.1) is 5.52 Å². The van der Waals surface area contributed by atoms with E-state index in [0.717, 1.165) is 4.31 Å². The average Bonchev–Trinajstić information content (AvgIpc) is 2.66. The van der Waals surface area contributed by atoms with Crippen LogP contribution in [0.2, 0.25) is 5.02 Å². The number of aliphatic carboxylic acids is 1. The van der Waals surface area contributed by atoms with E-state index in [-0.39, 0.29) is 11.4 Å². The van der Waals surface area contributed by atoms with Gasteiger partial charge in [-0.05, 0) is 30.7 Å². The third kappa shape index (κ3) is 3.80. The second-order valence-electron chi connectivity index (χ2n) is 5.99. The van der Waals surface area contributed by atoms with Gasteiger partial charge in [-0.25, -0.2) is 8.42 Å². The number of hydrogen-bond acceptors (Lipinski definition) is 4. The highest BCUT2D eigenvalue weighted by Crippen LogP contribution is 2.28. The zero-order valence-corrected chi connectivity index (χ0v) is 16.0. The highest BCUT2D eigenvalue weighted by Gasteiger charge is 2.34. The molecule has 0 spiro atoms. The Bertz CT molecular complexity index is 1100. The number of benzene rings is 2. The van der Waals surface area contributed by atoms with Crippen LogP contribution in [0.15, 0.2) is 65.7 Å². The first-order valence-electron chi connectivity index (χ1n) is 8.14. The molecule has 3 aromatic rings. The van der Waals surface area contributed by atoms with Crippen molar-refractivity contribution in [1.82, 2.24) is 9.29 Å². The zero-order valence-electron chi connectivity index (χ0n) is 14.4. The summed E-state index contributed by atoms with van der Waals surface area (Å²) in [4.78, 5) is 15.7. The normalized spacial score (nSPS) is 13.0. The third-order valence-electron chi connectivity index (χ3n) is 4.26. The molecular formula is C19H17ClN2O4S. The summed E-state index contributed by atoms with van der Waals surface area (Å²) in [6.07, 6.45) is 1.50. The summed E-state index contributed by atoms with van der Waals surface area (Å²) in [6.45, 7) is 1.16. The molecule has 1 atom stereocenters. The Kier molecular flexibility index (Phi) is 5.46. The smallest absolute Gasteiger partial charge is 0.321 e. The molecule has 0 amide bonds. The lowest BCUT2D eigenvalue weighted by atomic mass is 10.2. The minimum atomic E-state index is -4.16. The highest BCUT2D eigenvalue weighted by atomic mass is 35.5. The molecule has 0 fully saturated rings. The fourth-order valence-electron chi connectivity index (χ4n) is 2.76. The molecule has 0 saturated carbocycles. The fraction of sp³-hybridized carbons (Fsp3) is 0.158. The van der Waals surface area contributed by atoms with Crippen LogP contribution in [0.5, 0.6) is 0 Å². The summed E-state index contributed by atoms with van der Waals surface area (Å²) in [6, 6.07) is 13.7. The van der Waals surface area contributed by atoms with E-state index in [0.29, 0.717) is 21.5 Å². The summed E-state index contributed by atoms with van der Waals surface area (Å²) in [5, 5.41) is 10.5. The minimum Gasteiger partial charge on any atom is -0.480 e. The van der Waals surface area contributed by atoms with Gasteiger partial charge in [0, 0.05) is 23.2 Å². The largest absolute Gasteiger partial charge is 0.480 e. The van der Waals surface area contributed by atoms with Crippen LogP contribution >= 0.6 is 11.6 Å². The van der Waals surface area contributed by atoms with E-state index in [2.05, 4.69) is 4.98 Å². The Labute approximate surface area is 162 Å². The second kappa shape index (κ2) is 7.64. The van der Waals surface area contributed by atoms with Gasteiger partial charge in [0.1, 0.15) is 10.9 Å². The molecule has 0 aliphatic carbocycles. The van der Waals surface area contributed by atoms with Crippen molar-refractivity contribution in [2.75, 3.05) is 0 Å². The minimum absolute atomic E-state index is 0.0410. The fourth-order valence-corrected chi connectivity index (χ4v) is 4.69. The van der Waals surface area contributed by atoms with E-state index in [4.69, 9.17) is 11.6 Å². The topological polar surface area (TPSA) is 87.6 Å². The predicted octanol–water partition coefficient (Wildman–Crippen LogP) is 3.55. The Balaban J connectivity index is 2.15. The molecule has 1 N–H and O–H groups in total. The maximum Gasteiger partial charge on any atom is 0.321 e. The van der Waals surface area contributed by atoms with Gasteiger partial charge in [-0.3, -0.25) is 9.78 Å². The number of sulfonamides is 1. The standard InChI is InChI=1S/C19H17ClN2O4S/c1-13(19(23)24)22(12-15-6-2-3-9-16(15)20)27(25,26)17-10-4-7-14-8-5-11-21-18(14)17/h2-11,13H,12H2,1H3,(H,23,24). The number of carbonyl (C=O) groups is 1. The lowest BCUT2D eigenvalue weighted by Gasteiger charge is -2.26. The highest BCUT2D eigenvalue weighted by molar-refractivity contribution is 7.89. The summed E-state index contributed by atoms with van der Waals surface area (Å²) < 4.78 is 27.7. The Morgan fingerprint density at radius 1 is 1.15 bits per heavy atom. The number of aromatic nitrogens is 1. The van der Waals surface area contributed by atoms with Crippen molar-refractivity contribution in [2.45, 2.75) is 24.4 Å². The van der Waals surface area contributed by atoms with Crippen LogP contribution in [-0.2, 0) is 21.4 Å². The first kappa shape index (κ1) is 19.3. The Hall–Kier alpha value is -2.48. The van der Waals surface area contributed by atoms with E-state index < -0.39 is 22.0 Å². The van der Waals surface area contributed by atoms with Gasteiger partial charge in [-0.15, -0.1) is 0 Å². The van der Waals surface area contributed by atoms with Crippen molar-refractivity contribution >= 4 is 38.5 Å². The molecule has 1 aromatic heterocycles. The maximum absolute atomic E-state index is 13.4. The molecule has 0 radical (unpaired) electrons. The van der Waals surface area contributed by atoms with Crippen molar-refractivity contribution in [3.8, 4) is 0 Å². The van der Waals surface area contributed by atoms with Crippen LogP contribution in [0.4, 0.5) is 0 Å². The van der Waals surface area contributed by atoms with Crippen LogP contribution in [-0.4, -0.2) is 34.8 Å². The maximum atomic E-state index is 13.4. The molecule has 0 aliphatic rings. The van der Waals surface area contributed by atoms with Gasteiger partial charge >= 0.3 is 5.97 Å². The molecule has 27 heavy (non-hydrogen) atoms. The van der Waals surface area contributed by atoms with Gasteiger partial charge < -0.3 is 5.11 Å². The summed E-state index contributed by atoms with van der Waals surface area (Å²) >= 11 is 6.16. The van der Waals surface area contributed by atoms with E-state index in [1.165, 1.54) is 19.2 Å². The quantitative estimate of drug-likeness (QED) is 0.678. The number of halogens is 1. The molecular weight excluding hydrogens is 388 g/mol. The second-order valence-corrected chi connectivity index (χ2v) is 8.25. The van der Waals surface area contributed by atoms with Gasteiger partial charge in [0.25, 0.3) is 0 Å². The van der Waals surface area contributed by atoms with E-state index >= 15 is 0 Å². The Morgan fingerprint density at radius 2 is 1.85 bits per heavy atom. The van der Waals surface area contributed by atoms with E-state index in [1.807, 2.05) is 0 Å². The molecule has 0 aliphatic heterocycles. The first-order valence-corrected chi connectivity index (χ1v) is 9.96. The molecule has 140 valence electrons. The number of rotatable bonds is 6. The monoisotopic (exact) mass is 404 g/mol. The number of hydrogen-bond donors (Lipinski definition) is 1. The molecule has 2 aromatic carbocycles. The predicted molar refractivity (Wildman–Crippen MR) is 103 cm³/mol. The lowest BCUT2D eigenvalue weighted by Crippen LogP contribution is -2.42. The van der Waals surface area contributed by atoms with Crippen molar-refractivity contribution in [3.63, 3.8) is 0 Å². The summed E-state index contributed by atoms with van der Waals surface area (Å²) in [7, 11) is -4.16. The van der Waals surface area contributed by atoms with Gasteiger partial charge in [-0.1, -0.05) is 48.0 Å². The number of para-hydroxylation sites is 1. The van der Waals surface area contributed by atoms with Crippen molar-refractivity contribution in [2.24, 2.45) is 0 Å². The van der Waals surface area contributed by atoms with E-state index in [9.17, 15) is 18.3 Å². The lowest BCUT2D eigenvalue weighted by molar-refractivity contribution is -0.141. The van der Waals surface area contributed by atoms with Gasteiger partial charge in [0.2, 0.25) is 10.0 Å². The van der Waals surface area contributed by atoms with Crippen molar-refractivity contribution in [1.29, 1.82) is 0 Å². The van der Waals surface area contributed by atoms with E-state index in [1.54, 1.807) is 48.5 Å².